The van der Waals surface area contributed by atoms with Gasteiger partial charge in [-0.3, -0.25) is 4.98 Å². The predicted molar refractivity (Wildman–Crippen MR) is 41.6 cm³/mol. The molecular weight excluding hydrogens is 199 g/mol. The molecule has 14 heavy (non-hydrogen) atoms. The van der Waals surface area contributed by atoms with Crippen LogP contribution in [-0.2, 0) is 6.61 Å². The Morgan fingerprint density at radius 3 is 2.57 bits per heavy atom. The van der Waals surface area contributed by atoms with Gasteiger partial charge in [0.15, 0.2) is 0 Å². The Morgan fingerprint density at radius 2 is 2.07 bits per heavy atom. The van der Waals surface area contributed by atoms with Gasteiger partial charge in [0.1, 0.15) is 5.75 Å². The van der Waals surface area contributed by atoms with Gasteiger partial charge in [-0.15, -0.1) is 13.2 Å². The summed E-state index contributed by atoms with van der Waals surface area (Å²) in [5.41, 5.74) is 0.500. The summed E-state index contributed by atoms with van der Waals surface area (Å²) in [4.78, 5) is 3.78. The van der Waals surface area contributed by atoms with Crippen LogP contribution in [0.5, 0.6) is 5.75 Å². The van der Waals surface area contributed by atoms with Crippen molar-refractivity contribution >= 4 is 0 Å². The maximum absolute atomic E-state index is 11.8. The lowest BCUT2D eigenvalue weighted by Crippen LogP contribution is -2.17. The molecule has 0 bridgehead atoms. The molecule has 0 aromatic carbocycles. The SMILES string of the molecule is Cc1cc(OC(F)(F)F)cc(CO)n1. The molecule has 0 aliphatic heterocycles. The first-order valence-electron chi connectivity index (χ1n) is 3.75. The molecule has 1 aromatic rings. The molecule has 0 atom stereocenters. The molecule has 78 valence electrons. The zero-order valence-electron chi connectivity index (χ0n) is 7.30. The van der Waals surface area contributed by atoms with Crippen molar-refractivity contribution in [2.45, 2.75) is 19.9 Å². The molecule has 1 N–H and O–H groups in total. The average Bonchev–Trinajstić information content (AvgIpc) is 1.99. The number of rotatable bonds is 2. The molecule has 3 nitrogen and oxygen atoms in total. The summed E-state index contributed by atoms with van der Waals surface area (Å²) >= 11 is 0. The second-order valence-corrected chi connectivity index (χ2v) is 2.64. The van der Waals surface area contributed by atoms with Crippen LogP contribution >= 0.6 is 0 Å². The maximum Gasteiger partial charge on any atom is 0.573 e. The number of ether oxygens (including phenoxy) is 1. The number of aliphatic hydroxyl groups is 1. The molecule has 1 heterocycles. The van der Waals surface area contributed by atoms with Gasteiger partial charge in [-0.25, -0.2) is 0 Å². The van der Waals surface area contributed by atoms with Gasteiger partial charge in [-0.2, -0.15) is 0 Å². The lowest BCUT2D eigenvalue weighted by Gasteiger charge is -2.09. The van der Waals surface area contributed by atoms with Gasteiger partial charge in [-0.05, 0) is 6.92 Å². The van der Waals surface area contributed by atoms with Crippen molar-refractivity contribution in [1.29, 1.82) is 0 Å². The topological polar surface area (TPSA) is 42.4 Å². The Kier molecular flexibility index (Phi) is 2.95. The summed E-state index contributed by atoms with van der Waals surface area (Å²) < 4.78 is 39.1. The second-order valence-electron chi connectivity index (χ2n) is 2.64. The number of alkyl halides is 3. The molecule has 0 saturated heterocycles. The number of aryl methyl sites for hydroxylation is 1. The summed E-state index contributed by atoms with van der Waals surface area (Å²) in [5, 5.41) is 8.69. The van der Waals surface area contributed by atoms with Crippen LogP contribution in [0, 0.1) is 6.92 Å². The molecule has 0 amide bonds. The van der Waals surface area contributed by atoms with Crippen molar-refractivity contribution in [2.24, 2.45) is 0 Å². The fourth-order valence-electron chi connectivity index (χ4n) is 0.976. The fourth-order valence-corrected chi connectivity index (χ4v) is 0.976. The number of nitrogens with zero attached hydrogens (tertiary/aromatic N) is 1. The van der Waals surface area contributed by atoms with Gasteiger partial charge in [0.05, 0.1) is 12.3 Å². The summed E-state index contributed by atoms with van der Waals surface area (Å²) in [6, 6.07) is 2.19. The third-order valence-corrected chi connectivity index (χ3v) is 1.38. The van der Waals surface area contributed by atoms with Gasteiger partial charge < -0.3 is 9.84 Å². The number of halogens is 3. The van der Waals surface area contributed by atoms with Gasteiger partial charge >= 0.3 is 6.36 Å². The van der Waals surface area contributed by atoms with E-state index in [-0.39, 0.29) is 11.4 Å². The first kappa shape index (κ1) is 10.8. The summed E-state index contributed by atoms with van der Waals surface area (Å²) in [6.07, 6.45) is -4.72. The second kappa shape index (κ2) is 3.83. The average molecular weight is 207 g/mol. The van der Waals surface area contributed by atoms with E-state index in [0.29, 0.717) is 5.69 Å². The minimum atomic E-state index is -4.72. The van der Waals surface area contributed by atoms with Crippen molar-refractivity contribution in [2.75, 3.05) is 0 Å². The molecule has 6 heteroatoms. The Bertz CT molecular complexity index is 325. The van der Waals surface area contributed by atoms with Crippen LogP contribution in [-0.4, -0.2) is 16.5 Å². The van der Waals surface area contributed by atoms with E-state index in [0.717, 1.165) is 12.1 Å². The molecule has 0 unspecified atom stereocenters. The third-order valence-electron chi connectivity index (χ3n) is 1.38. The van der Waals surface area contributed by atoms with Crippen LogP contribution in [0.2, 0.25) is 0 Å². The zero-order chi connectivity index (χ0) is 10.8. The Hall–Kier alpha value is -1.30. The molecule has 1 aromatic heterocycles. The molecule has 1 rings (SSSR count). The maximum atomic E-state index is 11.8. The van der Waals surface area contributed by atoms with Gasteiger partial charge in [0.2, 0.25) is 0 Å². The normalized spacial score (nSPS) is 11.5. The first-order chi connectivity index (χ1) is 6.40. The molecule has 0 fully saturated rings. The van der Waals surface area contributed by atoms with Gasteiger partial charge in [-0.1, -0.05) is 0 Å². The van der Waals surface area contributed by atoms with E-state index in [2.05, 4.69) is 9.72 Å². The van der Waals surface area contributed by atoms with Crippen molar-refractivity contribution in [3.05, 3.63) is 23.5 Å². The molecule has 0 saturated carbocycles. The molecular formula is C8H8F3NO2. The highest BCUT2D eigenvalue weighted by Crippen LogP contribution is 2.23. The quantitative estimate of drug-likeness (QED) is 0.803. The minimum absolute atomic E-state index is 0.143. The summed E-state index contributed by atoms with van der Waals surface area (Å²) in [6.45, 7) is 1.10. The van der Waals surface area contributed by atoms with E-state index in [4.69, 9.17) is 5.11 Å². The van der Waals surface area contributed by atoms with Gasteiger partial charge in [0.25, 0.3) is 0 Å². The van der Waals surface area contributed by atoms with E-state index in [1.165, 1.54) is 6.92 Å². The van der Waals surface area contributed by atoms with E-state index < -0.39 is 13.0 Å². The first-order valence-corrected chi connectivity index (χ1v) is 3.75. The molecule has 0 aliphatic rings. The number of aromatic nitrogens is 1. The van der Waals surface area contributed by atoms with E-state index in [1.54, 1.807) is 0 Å². The smallest absolute Gasteiger partial charge is 0.406 e. The zero-order valence-corrected chi connectivity index (χ0v) is 7.30. The molecule has 0 spiro atoms. The van der Waals surface area contributed by atoms with E-state index in [1.807, 2.05) is 0 Å². The van der Waals surface area contributed by atoms with Crippen molar-refractivity contribution < 1.29 is 23.0 Å². The summed E-state index contributed by atoms with van der Waals surface area (Å²) in [7, 11) is 0. The van der Waals surface area contributed by atoms with Crippen molar-refractivity contribution in [3.63, 3.8) is 0 Å². The highest BCUT2D eigenvalue weighted by atomic mass is 19.4. The lowest BCUT2D eigenvalue weighted by atomic mass is 10.3. The standard InChI is InChI=1S/C8H8F3NO2/c1-5-2-7(14-8(9,10)11)3-6(4-13)12-5/h2-3,13H,4H2,1H3. The van der Waals surface area contributed by atoms with Crippen LogP contribution in [0.1, 0.15) is 11.4 Å². The number of pyridine rings is 1. The monoisotopic (exact) mass is 207 g/mol. The van der Waals surface area contributed by atoms with Crippen molar-refractivity contribution in [3.8, 4) is 5.75 Å². The fraction of sp³-hybridized carbons (Fsp3) is 0.375. The summed E-state index contributed by atoms with van der Waals surface area (Å²) in [5.74, 6) is -0.367. The van der Waals surface area contributed by atoms with Crippen LogP contribution in [0.3, 0.4) is 0 Å². The molecule has 0 aliphatic carbocycles. The number of hydrogen-bond donors (Lipinski definition) is 1. The Morgan fingerprint density at radius 1 is 1.43 bits per heavy atom. The van der Waals surface area contributed by atoms with Crippen molar-refractivity contribution in [1.82, 2.24) is 4.98 Å². The Labute approximate surface area is 78.2 Å². The van der Waals surface area contributed by atoms with E-state index in [9.17, 15) is 13.2 Å². The Balaban J connectivity index is 2.92. The largest absolute Gasteiger partial charge is 0.573 e. The molecule has 0 radical (unpaired) electrons. The van der Waals surface area contributed by atoms with Crippen LogP contribution in [0.4, 0.5) is 13.2 Å². The highest BCUT2D eigenvalue weighted by Gasteiger charge is 2.31. The number of hydrogen-bond acceptors (Lipinski definition) is 3. The predicted octanol–water partition coefficient (Wildman–Crippen LogP) is 1.78. The minimum Gasteiger partial charge on any atom is -0.406 e. The lowest BCUT2D eigenvalue weighted by molar-refractivity contribution is -0.274. The van der Waals surface area contributed by atoms with Crippen LogP contribution in [0.15, 0.2) is 12.1 Å². The van der Waals surface area contributed by atoms with Gasteiger partial charge in [0, 0.05) is 17.8 Å². The van der Waals surface area contributed by atoms with E-state index >= 15 is 0 Å². The highest BCUT2D eigenvalue weighted by molar-refractivity contribution is 5.26. The number of aliphatic hydroxyl groups excluding tert-OH is 1. The van der Waals surface area contributed by atoms with Crippen LogP contribution in [0.25, 0.3) is 0 Å². The third kappa shape index (κ3) is 3.21. The van der Waals surface area contributed by atoms with Crippen LogP contribution < -0.4 is 4.74 Å².